The van der Waals surface area contributed by atoms with Gasteiger partial charge in [-0.3, -0.25) is 14.9 Å². The number of hydrogen-bond acceptors (Lipinski definition) is 5. The van der Waals surface area contributed by atoms with E-state index in [9.17, 15) is 9.59 Å². The molecular formula is C8H11NO4. The van der Waals surface area contributed by atoms with E-state index in [0.717, 1.165) is 19.3 Å². The topological polar surface area (TPSA) is 64.6 Å². The first-order chi connectivity index (χ1) is 6.27. The molecule has 2 rings (SSSR count). The lowest BCUT2D eigenvalue weighted by molar-refractivity contribution is -0.176. The lowest BCUT2D eigenvalue weighted by Crippen LogP contribution is -2.53. The molecular weight excluding hydrogens is 174 g/mol. The summed E-state index contributed by atoms with van der Waals surface area (Å²) in [5.74, 6) is -0.644. The smallest absolute Gasteiger partial charge is 0.326 e. The molecule has 2 atom stereocenters. The molecule has 2 unspecified atom stereocenters. The minimum absolute atomic E-state index is 0.244. The van der Waals surface area contributed by atoms with Crippen LogP contribution in [0.15, 0.2) is 0 Å². The zero-order valence-electron chi connectivity index (χ0n) is 7.12. The molecule has 0 spiro atoms. The Bertz CT molecular complexity index is 218. The van der Waals surface area contributed by atoms with E-state index in [1.807, 2.05) is 0 Å². The lowest BCUT2D eigenvalue weighted by atomic mass is 9.98. The number of fused-ring (bicyclic) bond motifs is 2. The number of cyclic esters (lactones) is 2. The van der Waals surface area contributed by atoms with Gasteiger partial charge in [-0.15, -0.1) is 0 Å². The summed E-state index contributed by atoms with van der Waals surface area (Å²) in [6.07, 6.45) is 2.33. The largest absolute Gasteiger partial charge is 0.427 e. The van der Waals surface area contributed by atoms with Crippen LogP contribution in [0.1, 0.15) is 19.3 Å². The van der Waals surface area contributed by atoms with E-state index in [2.05, 4.69) is 5.32 Å². The average molecular weight is 185 g/mol. The summed E-state index contributed by atoms with van der Waals surface area (Å²) in [5.41, 5.74) is 0. The Morgan fingerprint density at radius 2 is 1.62 bits per heavy atom. The van der Waals surface area contributed by atoms with Crippen LogP contribution >= 0.6 is 0 Å². The molecule has 5 heteroatoms. The number of hydrogen-bond donors (Lipinski definition) is 1. The number of carbonyl (C=O) groups is 2. The van der Waals surface area contributed by atoms with Crippen LogP contribution in [0, 0.1) is 0 Å². The fraction of sp³-hybridized carbons (Fsp3) is 0.750. The zero-order chi connectivity index (χ0) is 9.26. The van der Waals surface area contributed by atoms with E-state index < -0.39 is 0 Å². The van der Waals surface area contributed by atoms with Gasteiger partial charge in [0.1, 0.15) is 12.1 Å². The molecule has 5 nitrogen and oxygen atoms in total. The lowest BCUT2D eigenvalue weighted by Gasteiger charge is -2.30. The molecule has 0 saturated carbocycles. The SMILES string of the molecule is O=C1OCOC(=O)C2CCCC1N2. The van der Waals surface area contributed by atoms with Crippen molar-refractivity contribution in [1.82, 2.24) is 5.32 Å². The molecule has 72 valence electrons. The molecule has 0 amide bonds. The summed E-state index contributed by atoms with van der Waals surface area (Å²) in [7, 11) is 0. The van der Waals surface area contributed by atoms with Crippen molar-refractivity contribution in [3.63, 3.8) is 0 Å². The summed E-state index contributed by atoms with van der Waals surface area (Å²) >= 11 is 0. The first kappa shape index (κ1) is 8.50. The third-order valence-corrected chi connectivity index (χ3v) is 2.36. The average Bonchev–Trinajstić information content (AvgIpc) is 2.16. The summed E-state index contributed by atoms with van der Waals surface area (Å²) in [4.78, 5) is 22.4. The fourth-order valence-corrected chi connectivity index (χ4v) is 1.65. The Balaban J connectivity index is 2.11. The van der Waals surface area contributed by atoms with Gasteiger partial charge in [0.2, 0.25) is 6.79 Å². The van der Waals surface area contributed by atoms with Crippen molar-refractivity contribution in [2.24, 2.45) is 0 Å². The second-order valence-electron chi connectivity index (χ2n) is 3.25. The second-order valence-corrected chi connectivity index (χ2v) is 3.25. The van der Waals surface area contributed by atoms with Crippen molar-refractivity contribution in [2.45, 2.75) is 31.3 Å². The summed E-state index contributed by atoms with van der Waals surface area (Å²) in [6, 6.07) is -0.654. The Morgan fingerprint density at radius 3 is 2.15 bits per heavy atom. The van der Waals surface area contributed by atoms with Crippen molar-refractivity contribution >= 4 is 11.9 Å². The Hall–Kier alpha value is -1.10. The highest BCUT2D eigenvalue weighted by Gasteiger charge is 2.34. The Kier molecular flexibility index (Phi) is 2.18. The van der Waals surface area contributed by atoms with Gasteiger partial charge in [0.25, 0.3) is 0 Å². The van der Waals surface area contributed by atoms with Gasteiger partial charge in [0, 0.05) is 0 Å². The molecule has 2 fully saturated rings. The molecule has 2 saturated heterocycles. The van der Waals surface area contributed by atoms with Crippen LogP contribution in [0.4, 0.5) is 0 Å². The van der Waals surface area contributed by atoms with Crippen molar-refractivity contribution in [3.8, 4) is 0 Å². The Morgan fingerprint density at radius 1 is 1.08 bits per heavy atom. The van der Waals surface area contributed by atoms with Crippen molar-refractivity contribution in [3.05, 3.63) is 0 Å². The van der Waals surface area contributed by atoms with E-state index in [4.69, 9.17) is 9.47 Å². The molecule has 0 aromatic carbocycles. The number of rotatable bonds is 0. The first-order valence-electron chi connectivity index (χ1n) is 4.37. The van der Waals surface area contributed by atoms with E-state index in [0.29, 0.717) is 0 Å². The van der Waals surface area contributed by atoms with Crippen molar-refractivity contribution in [2.75, 3.05) is 6.79 Å². The molecule has 13 heavy (non-hydrogen) atoms. The van der Waals surface area contributed by atoms with Gasteiger partial charge in [0.05, 0.1) is 0 Å². The van der Waals surface area contributed by atoms with Crippen LogP contribution < -0.4 is 5.32 Å². The van der Waals surface area contributed by atoms with E-state index in [1.165, 1.54) is 0 Å². The number of nitrogens with one attached hydrogen (secondary N) is 1. The molecule has 0 aliphatic carbocycles. The van der Waals surface area contributed by atoms with Crippen molar-refractivity contribution in [1.29, 1.82) is 0 Å². The van der Waals surface area contributed by atoms with Gasteiger partial charge in [-0.05, 0) is 19.3 Å². The van der Waals surface area contributed by atoms with E-state index in [1.54, 1.807) is 0 Å². The summed E-state index contributed by atoms with van der Waals surface area (Å²) in [6.45, 7) is -0.244. The third kappa shape index (κ3) is 1.65. The van der Waals surface area contributed by atoms with Crippen LogP contribution in [0.3, 0.4) is 0 Å². The number of carbonyl (C=O) groups excluding carboxylic acids is 2. The van der Waals surface area contributed by atoms with E-state index in [-0.39, 0.29) is 30.8 Å². The zero-order valence-corrected chi connectivity index (χ0v) is 7.12. The van der Waals surface area contributed by atoms with Gasteiger partial charge >= 0.3 is 11.9 Å². The maximum Gasteiger partial charge on any atom is 0.326 e. The van der Waals surface area contributed by atoms with Gasteiger partial charge in [-0.1, -0.05) is 0 Å². The predicted octanol–water partition coefficient (Wildman–Crippen LogP) is -0.445. The highest BCUT2D eigenvalue weighted by atomic mass is 16.7. The van der Waals surface area contributed by atoms with Gasteiger partial charge in [-0.25, -0.2) is 0 Å². The van der Waals surface area contributed by atoms with Gasteiger partial charge in [0.15, 0.2) is 0 Å². The highest BCUT2D eigenvalue weighted by Crippen LogP contribution is 2.16. The monoisotopic (exact) mass is 185 g/mol. The summed E-state index contributed by atoms with van der Waals surface area (Å²) < 4.78 is 9.39. The van der Waals surface area contributed by atoms with Crippen LogP contribution in [0.5, 0.6) is 0 Å². The standard InChI is InChI=1S/C8H11NO4/c10-7-5-2-1-3-6(9-5)8(11)13-4-12-7/h5-6,9H,1-4H2. The first-order valence-corrected chi connectivity index (χ1v) is 4.37. The fourth-order valence-electron chi connectivity index (χ4n) is 1.65. The minimum Gasteiger partial charge on any atom is -0.427 e. The maximum absolute atomic E-state index is 11.2. The van der Waals surface area contributed by atoms with Gasteiger partial charge < -0.3 is 9.47 Å². The summed E-state index contributed by atoms with van der Waals surface area (Å²) in [5, 5.41) is 2.91. The highest BCUT2D eigenvalue weighted by molar-refractivity contribution is 5.81. The van der Waals surface area contributed by atoms with Crippen molar-refractivity contribution < 1.29 is 19.1 Å². The number of esters is 2. The molecule has 0 aromatic heterocycles. The predicted molar refractivity (Wildman–Crippen MR) is 41.6 cm³/mol. The molecule has 2 aliphatic heterocycles. The van der Waals surface area contributed by atoms with Crippen LogP contribution in [0.25, 0.3) is 0 Å². The van der Waals surface area contributed by atoms with Gasteiger partial charge in [-0.2, -0.15) is 0 Å². The molecule has 2 aliphatic rings. The maximum atomic E-state index is 11.2. The van der Waals surface area contributed by atoms with E-state index >= 15 is 0 Å². The molecule has 1 N–H and O–H groups in total. The molecule has 2 bridgehead atoms. The molecule has 2 heterocycles. The second kappa shape index (κ2) is 3.33. The quantitative estimate of drug-likeness (QED) is 0.518. The number of piperidine rings is 1. The molecule has 0 radical (unpaired) electrons. The van der Waals surface area contributed by atoms with Crippen LogP contribution in [-0.2, 0) is 19.1 Å². The molecule has 0 aromatic rings. The Labute approximate surface area is 75.4 Å². The third-order valence-electron chi connectivity index (χ3n) is 2.36. The normalized spacial score (nSPS) is 34.2. The number of ether oxygens (including phenoxy) is 2. The minimum atomic E-state index is -0.327. The van der Waals surface area contributed by atoms with Crippen LogP contribution in [0.2, 0.25) is 0 Å². The van der Waals surface area contributed by atoms with Crippen LogP contribution in [-0.4, -0.2) is 30.8 Å².